The average Bonchev–Trinajstić information content (AvgIpc) is 2.96. The Morgan fingerprint density at radius 1 is 1.24 bits per heavy atom. The largest absolute Gasteiger partial charge is 0.338 e. The number of anilines is 1. The number of nitrogens with zero attached hydrogens (tertiary/aromatic N) is 1. The first-order valence-electron chi connectivity index (χ1n) is 8.90. The first kappa shape index (κ1) is 17.8. The summed E-state index contributed by atoms with van der Waals surface area (Å²) in [6, 6.07) is 6.79. The lowest BCUT2D eigenvalue weighted by Crippen LogP contribution is -2.43. The van der Waals surface area contributed by atoms with E-state index in [9.17, 15) is 9.59 Å². The summed E-state index contributed by atoms with van der Waals surface area (Å²) in [6.07, 6.45) is 8.36. The molecular weight excluding hydrogens is 338 g/mol. The summed E-state index contributed by atoms with van der Waals surface area (Å²) in [6.45, 7) is 1.12. The molecule has 6 heteroatoms. The number of hydrogen-bond donors (Lipinski definition) is 2. The summed E-state index contributed by atoms with van der Waals surface area (Å²) in [5.41, 5.74) is 2.25. The predicted molar refractivity (Wildman–Crippen MR) is 99.9 cm³/mol. The summed E-state index contributed by atoms with van der Waals surface area (Å²) in [5, 5.41) is 6.43. The number of rotatable bonds is 5. The van der Waals surface area contributed by atoms with E-state index in [0.717, 1.165) is 24.9 Å². The zero-order valence-electron chi connectivity index (χ0n) is 14.3. The first-order chi connectivity index (χ1) is 12.1. The topological polar surface area (TPSA) is 61.4 Å². The summed E-state index contributed by atoms with van der Waals surface area (Å²) >= 11 is 5.88. The maximum Gasteiger partial charge on any atom is 0.315 e. The molecule has 1 aromatic carbocycles. The van der Waals surface area contributed by atoms with Crippen molar-refractivity contribution in [1.82, 2.24) is 10.6 Å². The second kappa shape index (κ2) is 8.39. The van der Waals surface area contributed by atoms with Gasteiger partial charge < -0.3 is 15.5 Å². The van der Waals surface area contributed by atoms with Crippen molar-refractivity contribution in [2.24, 2.45) is 0 Å². The molecule has 1 aliphatic carbocycles. The van der Waals surface area contributed by atoms with Crippen LogP contribution in [0.15, 0.2) is 35.9 Å². The summed E-state index contributed by atoms with van der Waals surface area (Å²) in [7, 11) is 0. The van der Waals surface area contributed by atoms with E-state index in [1.54, 1.807) is 17.0 Å². The fourth-order valence-corrected chi connectivity index (χ4v) is 3.51. The van der Waals surface area contributed by atoms with Crippen LogP contribution in [-0.4, -0.2) is 31.1 Å². The van der Waals surface area contributed by atoms with Gasteiger partial charge in [-0.05, 0) is 56.4 Å². The van der Waals surface area contributed by atoms with Gasteiger partial charge in [0, 0.05) is 30.2 Å². The molecule has 25 heavy (non-hydrogen) atoms. The highest BCUT2D eigenvalue weighted by Gasteiger charge is 2.31. The third-order valence-electron chi connectivity index (χ3n) is 4.72. The lowest BCUT2D eigenvalue weighted by atomic mass is 9.97. The number of nitrogens with one attached hydrogen (secondary N) is 2. The van der Waals surface area contributed by atoms with E-state index in [1.165, 1.54) is 18.4 Å². The molecule has 0 aromatic heterocycles. The van der Waals surface area contributed by atoms with Crippen molar-refractivity contribution < 1.29 is 9.59 Å². The van der Waals surface area contributed by atoms with Crippen molar-refractivity contribution in [2.45, 2.75) is 44.6 Å². The highest BCUT2D eigenvalue weighted by atomic mass is 35.5. The van der Waals surface area contributed by atoms with Gasteiger partial charge in [0.1, 0.15) is 0 Å². The number of halogens is 1. The van der Waals surface area contributed by atoms with Gasteiger partial charge >= 0.3 is 6.03 Å². The lowest BCUT2D eigenvalue weighted by Gasteiger charge is -2.18. The molecule has 2 aliphatic rings. The van der Waals surface area contributed by atoms with Crippen LogP contribution in [0, 0.1) is 0 Å². The minimum atomic E-state index is -0.202. The van der Waals surface area contributed by atoms with Crippen LogP contribution in [0.2, 0.25) is 5.02 Å². The van der Waals surface area contributed by atoms with E-state index in [4.69, 9.17) is 11.6 Å². The van der Waals surface area contributed by atoms with Gasteiger partial charge in [0.05, 0.1) is 6.04 Å². The van der Waals surface area contributed by atoms with Crippen LogP contribution in [0.3, 0.4) is 0 Å². The molecule has 1 atom stereocenters. The van der Waals surface area contributed by atoms with Crippen LogP contribution >= 0.6 is 11.6 Å². The number of amides is 3. The summed E-state index contributed by atoms with van der Waals surface area (Å²) in [4.78, 5) is 25.9. The lowest BCUT2D eigenvalue weighted by molar-refractivity contribution is -0.117. The molecule has 1 aliphatic heterocycles. The van der Waals surface area contributed by atoms with Crippen molar-refractivity contribution in [3.63, 3.8) is 0 Å². The molecule has 0 unspecified atom stereocenters. The molecule has 134 valence electrons. The standard InChI is InChI=1S/C19H24ClN3O2/c20-15-6-8-17(9-7-15)23-13-16(12-18(23)24)22-19(25)21-11-10-14-4-2-1-3-5-14/h4,6-9,16H,1-3,5,10-13H2,(H2,21,22,25)/t16-/m0/s1. The first-order valence-corrected chi connectivity index (χ1v) is 9.28. The van der Waals surface area contributed by atoms with E-state index in [1.807, 2.05) is 12.1 Å². The van der Waals surface area contributed by atoms with Crippen molar-refractivity contribution in [3.05, 3.63) is 40.9 Å². The SMILES string of the molecule is O=C(NCCC1=CCCCC1)N[C@H]1CC(=O)N(c2ccc(Cl)cc2)C1. The maximum atomic E-state index is 12.2. The second-order valence-electron chi connectivity index (χ2n) is 6.64. The number of carbonyl (C=O) groups excluding carboxylic acids is 2. The van der Waals surface area contributed by atoms with E-state index in [2.05, 4.69) is 16.7 Å². The average molecular weight is 362 g/mol. The van der Waals surface area contributed by atoms with E-state index in [-0.39, 0.29) is 18.0 Å². The van der Waals surface area contributed by atoms with E-state index < -0.39 is 0 Å². The molecule has 1 aromatic rings. The predicted octanol–water partition coefficient (Wildman–Crippen LogP) is 3.64. The molecule has 0 bridgehead atoms. The molecule has 1 heterocycles. The number of hydrogen-bond acceptors (Lipinski definition) is 2. The van der Waals surface area contributed by atoms with Gasteiger partial charge in [0.25, 0.3) is 0 Å². The Bertz CT molecular complexity index is 657. The van der Waals surface area contributed by atoms with Gasteiger partial charge in [0.15, 0.2) is 0 Å². The number of benzene rings is 1. The quantitative estimate of drug-likeness (QED) is 0.786. The van der Waals surface area contributed by atoms with Gasteiger partial charge in [-0.1, -0.05) is 23.3 Å². The van der Waals surface area contributed by atoms with Gasteiger partial charge in [-0.15, -0.1) is 0 Å². The van der Waals surface area contributed by atoms with Crippen LogP contribution in [0.5, 0.6) is 0 Å². The zero-order chi connectivity index (χ0) is 17.6. The van der Waals surface area contributed by atoms with Crippen molar-refractivity contribution in [1.29, 1.82) is 0 Å². The fourth-order valence-electron chi connectivity index (χ4n) is 3.38. The Labute approximate surface area is 153 Å². The van der Waals surface area contributed by atoms with Gasteiger partial charge in [-0.2, -0.15) is 0 Å². The Morgan fingerprint density at radius 3 is 2.76 bits per heavy atom. The fraction of sp³-hybridized carbons (Fsp3) is 0.474. The molecule has 0 radical (unpaired) electrons. The van der Waals surface area contributed by atoms with Gasteiger partial charge in [-0.3, -0.25) is 4.79 Å². The molecule has 1 fully saturated rings. The minimum absolute atomic E-state index is 0.0139. The Hall–Kier alpha value is -2.01. The third-order valence-corrected chi connectivity index (χ3v) is 4.97. The monoisotopic (exact) mass is 361 g/mol. The molecule has 3 amide bonds. The van der Waals surface area contributed by atoms with Crippen molar-refractivity contribution in [2.75, 3.05) is 18.0 Å². The van der Waals surface area contributed by atoms with Crippen LogP contribution < -0.4 is 15.5 Å². The normalized spacial score (nSPS) is 20.4. The van der Waals surface area contributed by atoms with E-state index >= 15 is 0 Å². The minimum Gasteiger partial charge on any atom is -0.338 e. The Kier molecular flexibility index (Phi) is 5.97. The molecule has 5 nitrogen and oxygen atoms in total. The molecule has 0 saturated carbocycles. The van der Waals surface area contributed by atoms with Crippen LogP contribution in [0.4, 0.5) is 10.5 Å². The van der Waals surface area contributed by atoms with Gasteiger partial charge in [-0.25, -0.2) is 4.79 Å². The van der Waals surface area contributed by atoms with E-state index in [0.29, 0.717) is 24.5 Å². The number of carbonyl (C=O) groups is 2. The number of urea groups is 1. The van der Waals surface area contributed by atoms with Crippen LogP contribution in [0.25, 0.3) is 0 Å². The number of allylic oxidation sites excluding steroid dienone is 1. The molecular formula is C19H24ClN3O2. The zero-order valence-corrected chi connectivity index (χ0v) is 15.0. The molecule has 1 saturated heterocycles. The Morgan fingerprint density at radius 2 is 2.04 bits per heavy atom. The van der Waals surface area contributed by atoms with Gasteiger partial charge in [0.2, 0.25) is 5.91 Å². The highest BCUT2D eigenvalue weighted by Crippen LogP contribution is 2.23. The van der Waals surface area contributed by atoms with Crippen molar-refractivity contribution >= 4 is 29.2 Å². The second-order valence-corrected chi connectivity index (χ2v) is 7.08. The molecule has 3 rings (SSSR count). The van der Waals surface area contributed by atoms with Crippen LogP contribution in [-0.2, 0) is 4.79 Å². The molecule has 2 N–H and O–H groups in total. The third kappa shape index (κ3) is 4.98. The van der Waals surface area contributed by atoms with Crippen molar-refractivity contribution in [3.8, 4) is 0 Å². The Balaban J connectivity index is 1.43. The maximum absolute atomic E-state index is 12.2. The highest BCUT2D eigenvalue weighted by molar-refractivity contribution is 6.30. The summed E-state index contributed by atoms with van der Waals surface area (Å²) in [5.74, 6) is 0.0139. The summed E-state index contributed by atoms with van der Waals surface area (Å²) < 4.78 is 0. The van der Waals surface area contributed by atoms with Crippen LogP contribution in [0.1, 0.15) is 38.5 Å². The smallest absolute Gasteiger partial charge is 0.315 e. The molecule has 0 spiro atoms.